The molecule has 0 saturated heterocycles. The van der Waals surface area contributed by atoms with Gasteiger partial charge >= 0.3 is 0 Å². The average Bonchev–Trinajstić information content (AvgIpc) is 3.00. The summed E-state index contributed by atoms with van der Waals surface area (Å²) in [7, 11) is 1.85. The van der Waals surface area contributed by atoms with Gasteiger partial charge in [-0.2, -0.15) is 0 Å². The number of aryl methyl sites for hydroxylation is 1. The Morgan fingerprint density at radius 1 is 1.14 bits per heavy atom. The van der Waals surface area contributed by atoms with E-state index in [1.807, 2.05) is 7.05 Å². The Balaban J connectivity index is 0.00000220. The van der Waals surface area contributed by atoms with Crippen LogP contribution in [0.25, 0.3) is 0 Å². The molecule has 0 bridgehead atoms. The molecule has 2 N–H and O–H groups in total. The molecule has 4 heteroatoms. The maximum atomic E-state index is 4.30. The first-order valence-corrected chi connectivity index (χ1v) is 7.87. The molecule has 0 unspecified atom stereocenters. The lowest BCUT2D eigenvalue weighted by molar-refractivity contribution is 0.613. The summed E-state index contributed by atoms with van der Waals surface area (Å²) >= 11 is 0. The highest BCUT2D eigenvalue weighted by Gasteiger charge is 2.15. The molecule has 1 aromatic rings. The van der Waals surface area contributed by atoms with Gasteiger partial charge in [0.05, 0.1) is 0 Å². The van der Waals surface area contributed by atoms with Gasteiger partial charge in [-0.1, -0.05) is 44.0 Å². The fourth-order valence-corrected chi connectivity index (χ4v) is 2.73. The van der Waals surface area contributed by atoms with E-state index < -0.39 is 0 Å². The van der Waals surface area contributed by atoms with Crippen LogP contribution in [0.2, 0.25) is 0 Å². The van der Waals surface area contributed by atoms with E-state index in [-0.39, 0.29) is 24.0 Å². The van der Waals surface area contributed by atoms with Gasteiger partial charge in [0.2, 0.25) is 0 Å². The van der Waals surface area contributed by atoms with Crippen molar-refractivity contribution in [3.63, 3.8) is 0 Å². The second-order valence-electron chi connectivity index (χ2n) is 5.54. The van der Waals surface area contributed by atoms with Crippen LogP contribution in [0.4, 0.5) is 0 Å². The van der Waals surface area contributed by atoms with E-state index in [0.29, 0.717) is 6.04 Å². The Hall–Kier alpha value is -0.780. The molecule has 0 aromatic heterocycles. The predicted molar refractivity (Wildman–Crippen MR) is 102 cm³/mol. The number of guanidine groups is 1. The lowest BCUT2D eigenvalue weighted by Crippen LogP contribution is -2.42. The van der Waals surface area contributed by atoms with Crippen LogP contribution in [0.3, 0.4) is 0 Å². The largest absolute Gasteiger partial charge is 0.356 e. The highest BCUT2D eigenvalue weighted by atomic mass is 127. The highest BCUT2D eigenvalue weighted by Crippen LogP contribution is 2.17. The van der Waals surface area contributed by atoms with Gasteiger partial charge in [0.1, 0.15) is 0 Å². The van der Waals surface area contributed by atoms with Crippen molar-refractivity contribution in [2.45, 2.75) is 51.5 Å². The van der Waals surface area contributed by atoms with Crippen LogP contribution in [-0.4, -0.2) is 25.6 Å². The van der Waals surface area contributed by atoms with Gasteiger partial charge < -0.3 is 10.6 Å². The first kappa shape index (κ1) is 18.3. The summed E-state index contributed by atoms with van der Waals surface area (Å²) in [5.41, 5.74) is 2.78. The Morgan fingerprint density at radius 3 is 2.33 bits per heavy atom. The number of hydrogen-bond acceptors (Lipinski definition) is 1. The summed E-state index contributed by atoms with van der Waals surface area (Å²) in [6.45, 7) is 3.12. The summed E-state index contributed by atoms with van der Waals surface area (Å²) in [4.78, 5) is 4.30. The number of benzene rings is 1. The van der Waals surface area contributed by atoms with Gasteiger partial charge in [-0.3, -0.25) is 4.99 Å². The van der Waals surface area contributed by atoms with E-state index in [1.54, 1.807) is 0 Å². The topological polar surface area (TPSA) is 36.4 Å². The van der Waals surface area contributed by atoms with Crippen LogP contribution in [-0.2, 0) is 12.8 Å². The van der Waals surface area contributed by atoms with E-state index in [2.05, 4.69) is 46.8 Å². The predicted octanol–water partition coefficient (Wildman–Crippen LogP) is 3.52. The molecule has 21 heavy (non-hydrogen) atoms. The van der Waals surface area contributed by atoms with Crippen molar-refractivity contribution in [1.29, 1.82) is 0 Å². The fraction of sp³-hybridized carbons (Fsp3) is 0.588. The summed E-state index contributed by atoms with van der Waals surface area (Å²) in [6, 6.07) is 9.52. The number of hydrogen-bond donors (Lipinski definition) is 2. The molecule has 2 rings (SSSR count). The Kier molecular flexibility index (Phi) is 8.73. The van der Waals surface area contributed by atoms with Gasteiger partial charge in [0.15, 0.2) is 5.96 Å². The Bertz CT molecular complexity index is 422. The molecule has 118 valence electrons. The standard InChI is InChI=1S/C17H27N3.HI/c1-3-14-8-10-15(11-9-14)12-13-19-17(18-2)20-16-6-4-5-7-16;/h8-11,16H,3-7,12-13H2,1-2H3,(H2,18,19,20);1H. The zero-order valence-electron chi connectivity index (χ0n) is 13.2. The van der Waals surface area contributed by atoms with E-state index in [1.165, 1.54) is 36.8 Å². The molecule has 0 amide bonds. The van der Waals surface area contributed by atoms with E-state index >= 15 is 0 Å². The van der Waals surface area contributed by atoms with Gasteiger partial charge in [-0.05, 0) is 36.8 Å². The summed E-state index contributed by atoms with van der Waals surface area (Å²) in [5, 5.41) is 6.92. The normalized spacial score (nSPS) is 15.6. The first-order valence-electron chi connectivity index (χ1n) is 7.87. The van der Waals surface area contributed by atoms with Crippen molar-refractivity contribution in [2.24, 2.45) is 4.99 Å². The number of nitrogens with zero attached hydrogens (tertiary/aromatic N) is 1. The van der Waals surface area contributed by atoms with Crippen molar-refractivity contribution >= 4 is 29.9 Å². The van der Waals surface area contributed by atoms with Crippen molar-refractivity contribution in [3.8, 4) is 0 Å². The van der Waals surface area contributed by atoms with Gasteiger partial charge in [-0.15, -0.1) is 24.0 Å². The molecule has 0 atom stereocenters. The maximum Gasteiger partial charge on any atom is 0.191 e. The van der Waals surface area contributed by atoms with Gasteiger partial charge in [0, 0.05) is 19.6 Å². The highest BCUT2D eigenvalue weighted by molar-refractivity contribution is 14.0. The van der Waals surface area contributed by atoms with E-state index in [9.17, 15) is 0 Å². The second kappa shape index (κ2) is 10.0. The average molecular weight is 401 g/mol. The summed E-state index contributed by atoms with van der Waals surface area (Å²) in [5.74, 6) is 0.946. The van der Waals surface area contributed by atoms with E-state index in [0.717, 1.165) is 25.3 Å². The van der Waals surface area contributed by atoms with Crippen LogP contribution >= 0.6 is 24.0 Å². The Morgan fingerprint density at radius 2 is 1.76 bits per heavy atom. The molecule has 0 heterocycles. The monoisotopic (exact) mass is 401 g/mol. The first-order chi connectivity index (χ1) is 9.81. The molecule has 0 spiro atoms. The minimum atomic E-state index is 0. The molecule has 0 radical (unpaired) electrons. The third-order valence-corrected chi connectivity index (χ3v) is 4.06. The van der Waals surface area contributed by atoms with E-state index in [4.69, 9.17) is 0 Å². The molecule has 1 aliphatic rings. The van der Waals surface area contributed by atoms with Crippen molar-refractivity contribution in [1.82, 2.24) is 10.6 Å². The molecule has 1 fully saturated rings. The van der Waals surface area contributed by atoms with Gasteiger partial charge in [-0.25, -0.2) is 0 Å². The molecule has 1 aliphatic carbocycles. The molecule has 1 aromatic carbocycles. The second-order valence-corrected chi connectivity index (χ2v) is 5.54. The lowest BCUT2D eigenvalue weighted by atomic mass is 10.1. The van der Waals surface area contributed by atoms with Gasteiger partial charge in [0.25, 0.3) is 0 Å². The fourth-order valence-electron chi connectivity index (χ4n) is 2.73. The van der Waals surface area contributed by atoms with Crippen LogP contribution in [0.15, 0.2) is 29.3 Å². The van der Waals surface area contributed by atoms with Crippen LogP contribution in [0, 0.1) is 0 Å². The maximum absolute atomic E-state index is 4.30. The number of rotatable bonds is 5. The molecule has 1 saturated carbocycles. The third-order valence-electron chi connectivity index (χ3n) is 4.06. The van der Waals surface area contributed by atoms with Crippen LogP contribution in [0.5, 0.6) is 0 Å². The quantitative estimate of drug-likeness (QED) is 0.450. The summed E-state index contributed by atoms with van der Waals surface area (Å²) < 4.78 is 0. The smallest absolute Gasteiger partial charge is 0.191 e. The number of halogens is 1. The minimum absolute atomic E-state index is 0. The number of aliphatic imine (C=N–C) groups is 1. The summed E-state index contributed by atoms with van der Waals surface area (Å²) in [6.07, 6.45) is 7.39. The Labute approximate surface area is 146 Å². The zero-order valence-corrected chi connectivity index (χ0v) is 15.5. The molecule has 3 nitrogen and oxygen atoms in total. The lowest BCUT2D eigenvalue weighted by Gasteiger charge is -2.16. The zero-order chi connectivity index (χ0) is 14.2. The van der Waals surface area contributed by atoms with Crippen LogP contribution < -0.4 is 10.6 Å². The van der Waals surface area contributed by atoms with Crippen molar-refractivity contribution in [2.75, 3.05) is 13.6 Å². The number of nitrogens with one attached hydrogen (secondary N) is 2. The van der Waals surface area contributed by atoms with Crippen molar-refractivity contribution in [3.05, 3.63) is 35.4 Å². The minimum Gasteiger partial charge on any atom is -0.356 e. The molecular formula is C17H28IN3. The molecule has 0 aliphatic heterocycles. The third kappa shape index (κ3) is 6.24. The van der Waals surface area contributed by atoms with Crippen molar-refractivity contribution < 1.29 is 0 Å². The molecular weight excluding hydrogens is 373 g/mol. The SMILES string of the molecule is CCc1ccc(CCNC(=NC)NC2CCCC2)cc1.I. The van der Waals surface area contributed by atoms with Crippen LogP contribution in [0.1, 0.15) is 43.7 Å².